The van der Waals surface area contributed by atoms with E-state index in [1.54, 1.807) is 6.08 Å². The zero-order valence-electron chi connectivity index (χ0n) is 5.58. The van der Waals surface area contributed by atoms with Gasteiger partial charge in [-0.1, -0.05) is 30.9 Å². The summed E-state index contributed by atoms with van der Waals surface area (Å²) in [6, 6.07) is 7.63. The molecule has 0 aliphatic heterocycles. The van der Waals surface area contributed by atoms with Crippen molar-refractivity contribution in [2.45, 2.75) is 0 Å². The highest BCUT2D eigenvalue weighted by atomic mass is 35.5. The smallest absolute Gasteiger partial charge is 0.0387 e. The van der Waals surface area contributed by atoms with E-state index in [0.717, 1.165) is 11.3 Å². The van der Waals surface area contributed by atoms with E-state index in [9.17, 15) is 0 Å². The normalized spacial score (nSPS) is 8.00. The number of nitrogens with two attached hydrogens (primary N) is 1. The molecular weight excluding hydrogens is 146 g/mol. The fourth-order valence-corrected chi connectivity index (χ4v) is 0.697. The molecule has 0 bridgehead atoms. The maximum atomic E-state index is 5.56. The second-order valence-corrected chi connectivity index (χ2v) is 1.83. The fourth-order valence-electron chi connectivity index (χ4n) is 0.697. The van der Waals surface area contributed by atoms with Gasteiger partial charge in [0.25, 0.3) is 0 Å². The van der Waals surface area contributed by atoms with E-state index in [4.69, 9.17) is 5.73 Å². The maximum Gasteiger partial charge on any atom is 0.0387 e. The molecule has 0 atom stereocenters. The van der Waals surface area contributed by atoms with Gasteiger partial charge in [-0.05, 0) is 11.6 Å². The Morgan fingerprint density at radius 1 is 1.30 bits per heavy atom. The van der Waals surface area contributed by atoms with E-state index in [1.807, 2.05) is 24.3 Å². The molecule has 2 N–H and O–H groups in total. The predicted octanol–water partition coefficient (Wildman–Crippen LogP) is 2.33. The Balaban J connectivity index is 0.000000810. The molecule has 0 fully saturated rings. The molecule has 0 saturated carbocycles. The first-order valence-corrected chi connectivity index (χ1v) is 2.81. The minimum Gasteiger partial charge on any atom is -0.398 e. The van der Waals surface area contributed by atoms with Crippen molar-refractivity contribution in [3.63, 3.8) is 0 Å². The van der Waals surface area contributed by atoms with Gasteiger partial charge in [-0.15, -0.1) is 12.4 Å². The van der Waals surface area contributed by atoms with Crippen LogP contribution in [0.3, 0.4) is 0 Å². The number of halogens is 1. The molecule has 2 heteroatoms. The summed E-state index contributed by atoms with van der Waals surface area (Å²) in [4.78, 5) is 0. The molecule has 0 heterocycles. The van der Waals surface area contributed by atoms with Crippen LogP contribution in [0.15, 0.2) is 30.8 Å². The summed E-state index contributed by atoms with van der Waals surface area (Å²) in [7, 11) is 0. The van der Waals surface area contributed by atoms with Crippen molar-refractivity contribution in [2.24, 2.45) is 0 Å². The lowest BCUT2D eigenvalue weighted by molar-refractivity contribution is 1.64. The molecule has 0 aliphatic carbocycles. The molecule has 1 aromatic rings. The van der Waals surface area contributed by atoms with Crippen molar-refractivity contribution in [2.75, 3.05) is 5.73 Å². The topological polar surface area (TPSA) is 26.0 Å². The average Bonchev–Trinajstić information content (AvgIpc) is 1.89. The van der Waals surface area contributed by atoms with Crippen molar-refractivity contribution >= 4 is 24.2 Å². The fraction of sp³-hybridized carbons (Fsp3) is 0. The average molecular weight is 156 g/mol. The quantitative estimate of drug-likeness (QED) is 0.619. The molecule has 0 radical (unpaired) electrons. The van der Waals surface area contributed by atoms with Crippen LogP contribution >= 0.6 is 12.4 Å². The van der Waals surface area contributed by atoms with Gasteiger partial charge in [0.05, 0.1) is 0 Å². The first-order chi connectivity index (χ1) is 4.34. The molecule has 1 aromatic carbocycles. The van der Waals surface area contributed by atoms with E-state index in [2.05, 4.69) is 6.58 Å². The van der Waals surface area contributed by atoms with Crippen LogP contribution in [0, 0.1) is 0 Å². The highest BCUT2D eigenvalue weighted by molar-refractivity contribution is 5.85. The predicted molar refractivity (Wildman–Crippen MR) is 48.2 cm³/mol. The molecule has 0 unspecified atom stereocenters. The standard InChI is InChI=1S/C8H9N.ClH/c1-2-7-5-3-4-6-8(7)9;/h2-6H,1,9H2;1H. The van der Waals surface area contributed by atoms with Crippen LogP contribution in [0.5, 0.6) is 0 Å². The molecule has 0 aromatic heterocycles. The van der Waals surface area contributed by atoms with Crippen LogP contribution in [-0.4, -0.2) is 0 Å². The zero-order valence-corrected chi connectivity index (χ0v) is 6.40. The number of para-hydroxylation sites is 1. The second kappa shape index (κ2) is 3.96. The molecule has 0 amide bonds. The van der Waals surface area contributed by atoms with Gasteiger partial charge in [0, 0.05) is 5.69 Å². The van der Waals surface area contributed by atoms with Gasteiger partial charge >= 0.3 is 0 Å². The van der Waals surface area contributed by atoms with Crippen LogP contribution in [-0.2, 0) is 0 Å². The zero-order chi connectivity index (χ0) is 6.69. The minimum absolute atomic E-state index is 0. The van der Waals surface area contributed by atoms with Gasteiger partial charge in [0.15, 0.2) is 0 Å². The van der Waals surface area contributed by atoms with Gasteiger partial charge in [-0.2, -0.15) is 0 Å². The largest absolute Gasteiger partial charge is 0.398 e. The highest BCUT2D eigenvalue weighted by Gasteiger charge is 1.87. The minimum atomic E-state index is 0. The summed E-state index contributed by atoms with van der Waals surface area (Å²) >= 11 is 0. The summed E-state index contributed by atoms with van der Waals surface area (Å²) in [6.07, 6.45) is 1.75. The number of hydrogen-bond donors (Lipinski definition) is 1. The first-order valence-electron chi connectivity index (χ1n) is 2.81. The van der Waals surface area contributed by atoms with Gasteiger partial charge in [0.1, 0.15) is 0 Å². The Labute approximate surface area is 67.0 Å². The lowest BCUT2D eigenvalue weighted by Crippen LogP contribution is -1.86. The highest BCUT2D eigenvalue weighted by Crippen LogP contribution is 2.10. The van der Waals surface area contributed by atoms with E-state index >= 15 is 0 Å². The van der Waals surface area contributed by atoms with Gasteiger partial charge in [-0.25, -0.2) is 0 Å². The Bertz CT molecular complexity index is 220. The van der Waals surface area contributed by atoms with Crippen LogP contribution in [0.4, 0.5) is 5.69 Å². The molecule has 1 rings (SSSR count). The van der Waals surface area contributed by atoms with Crippen LogP contribution in [0.25, 0.3) is 6.08 Å². The number of rotatable bonds is 1. The SMILES string of the molecule is C=Cc1ccccc1N.Cl. The third kappa shape index (κ3) is 1.78. The summed E-state index contributed by atoms with van der Waals surface area (Å²) in [5.74, 6) is 0. The lowest BCUT2D eigenvalue weighted by atomic mass is 10.2. The van der Waals surface area contributed by atoms with Crippen molar-refractivity contribution in [3.05, 3.63) is 36.4 Å². The molecule has 54 valence electrons. The van der Waals surface area contributed by atoms with Crippen molar-refractivity contribution < 1.29 is 0 Å². The van der Waals surface area contributed by atoms with Crippen molar-refractivity contribution in [1.82, 2.24) is 0 Å². The van der Waals surface area contributed by atoms with Gasteiger partial charge in [-0.3, -0.25) is 0 Å². The number of anilines is 1. The third-order valence-electron chi connectivity index (χ3n) is 1.22. The Morgan fingerprint density at radius 2 is 1.90 bits per heavy atom. The summed E-state index contributed by atoms with van der Waals surface area (Å²) in [5, 5.41) is 0. The van der Waals surface area contributed by atoms with Crippen LogP contribution in [0.1, 0.15) is 5.56 Å². The van der Waals surface area contributed by atoms with Crippen molar-refractivity contribution in [1.29, 1.82) is 0 Å². The van der Waals surface area contributed by atoms with Crippen molar-refractivity contribution in [3.8, 4) is 0 Å². The van der Waals surface area contributed by atoms with E-state index in [1.165, 1.54) is 0 Å². The number of benzene rings is 1. The molecule has 0 aliphatic rings. The van der Waals surface area contributed by atoms with E-state index in [-0.39, 0.29) is 12.4 Å². The maximum absolute atomic E-state index is 5.56. The van der Waals surface area contributed by atoms with Gasteiger partial charge in [0.2, 0.25) is 0 Å². The Morgan fingerprint density at radius 3 is 2.30 bits per heavy atom. The molecule has 0 spiro atoms. The number of hydrogen-bond acceptors (Lipinski definition) is 1. The van der Waals surface area contributed by atoms with E-state index < -0.39 is 0 Å². The van der Waals surface area contributed by atoms with Gasteiger partial charge < -0.3 is 5.73 Å². The number of nitrogen functional groups attached to an aromatic ring is 1. The summed E-state index contributed by atoms with van der Waals surface area (Å²) in [6.45, 7) is 3.61. The monoisotopic (exact) mass is 155 g/mol. The third-order valence-corrected chi connectivity index (χ3v) is 1.22. The first kappa shape index (κ1) is 9.05. The lowest BCUT2D eigenvalue weighted by Gasteiger charge is -1.95. The molecule has 1 nitrogen and oxygen atoms in total. The summed E-state index contributed by atoms with van der Waals surface area (Å²) in [5.41, 5.74) is 7.34. The Hall–Kier alpha value is -0.950. The molecular formula is C8H10ClN. The molecule has 10 heavy (non-hydrogen) atoms. The second-order valence-electron chi connectivity index (χ2n) is 1.83. The van der Waals surface area contributed by atoms with Crippen LogP contribution in [0.2, 0.25) is 0 Å². The molecule has 0 saturated heterocycles. The van der Waals surface area contributed by atoms with Crippen LogP contribution < -0.4 is 5.73 Å². The van der Waals surface area contributed by atoms with E-state index in [0.29, 0.717) is 0 Å². The summed E-state index contributed by atoms with van der Waals surface area (Å²) < 4.78 is 0. The Kier molecular flexibility index (Phi) is 3.59.